The van der Waals surface area contributed by atoms with Gasteiger partial charge < -0.3 is 0 Å². The predicted octanol–water partition coefficient (Wildman–Crippen LogP) is 7.90. The van der Waals surface area contributed by atoms with Gasteiger partial charge in [-0.25, -0.2) is 18.4 Å². The van der Waals surface area contributed by atoms with Crippen molar-refractivity contribution in [2.24, 2.45) is 0 Å². The molecule has 166 valence electrons. The minimum Gasteiger partial charge on any atom is -0.285 e. The van der Waals surface area contributed by atoms with Crippen LogP contribution in [0.5, 0.6) is 0 Å². The zero-order valence-electron chi connectivity index (χ0n) is 17.2. The number of rotatable bonds is 3. The highest BCUT2D eigenvalue weighted by atomic mass is 35.5. The largest absolute Gasteiger partial charge is 0.330 e. The molecule has 0 unspecified atom stereocenters. The van der Waals surface area contributed by atoms with Crippen LogP contribution in [-0.2, 0) is 0 Å². The van der Waals surface area contributed by atoms with Crippen LogP contribution in [0.2, 0.25) is 10.0 Å². The van der Waals surface area contributed by atoms with Crippen molar-refractivity contribution < 1.29 is 13.6 Å². The minimum absolute atomic E-state index is 0.377. The summed E-state index contributed by atoms with van der Waals surface area (Å²) in [6.45, 7) is 7.39. The Balaban J connectivity index is 1.73. The standard InChI is InChI=1S/C25H17Cl2F2N3O/c1-30-19-4-2-3-16(13-19)22-24(14-25(28,29)15-24)32(21-11-7-18(27)8-12-21)23(33)31(22)20-9-5-17(26)6-10-20/h2-13,22H,14-15H2/t22-/m0/s1. The monoisotopic (exact) mass is 483 g/mol. The summed E-state index contributed by atoms with van der Waals surface area (Å²) in [4.78, 5) is 20.4. The molecule has 0 aromatic heterocycles. The van der Waals surface area contributed by atoms with Crippen molar-refractivity contribution >= 4 is 46.3 Å². The van der Waals surface area contributed by atoms with Crippen molar-refractivity contribution in [1.82, 2.24) is 0 Å². The number of nitrogens with zero attached hydrogens (tertiary/aromatic N) is 3. The summed E-state index contributed by atoms with van der Waals surface area (Å²) in [7, 11) is 0. The first kappa shape index (κ1) is 21.7. The molecule has 8 heteroatoms. The van der Waals surface area contributed by atoms with Gasteiger partial charge in [0.2, 0.25) is 0 Å². The number of hydrogen-bond donors (Lipinski definition) is 0. The van der Waals surface area contributed by atoms with Crippen LogP contribution in [-0.4, -0.2) is 17.5 Å². The molecule has 1 aliphatic carbocycles. The molecule has 1 saturated carbocycles. The van der Waals surface area contributed by atoms with E-state index in [0.717, 1.165) is 0 Å². The SMILES string of the molecule is [C-]#[N+]c1cccc([C@@H]2N(c3ccc(Cl)cc3)C(=O)N(c3ccc(Cl)cc3)C23CC(F)(F)C3)c1. The van der Waals surface area contributed by atoms with Crippen LogP contribution >= 0.6 is 23.2 Å². The number of alkyl halides is 2. The second-order valence-electron chi connectivity index (χ2n) is 8.36. The lowest BCUT2D eigenvalue weighted by Crippen LogP contribution is -2.62. The van der Waals surface area contributed by atoms with Crippen molar-refractivity contribution in [2.75, 3.05) is 9.80 Å². The van der Waals surface area contributed by atoms with Crippen LogP contribution in [0.25, 0.3) is 4.85 Å². The van der Waals surface area contributed by atoms with Gasteiger partial charge in [-0.15, -0.1) is 0 Å². The summed E-state index contributed by atoms with van der Waals surface area (Å²) in [6, 6.07) is 18.9. The first-order valence-electron chi connectivity index (χ1n) is 10.2. The van der Waals surface area contributed by atoms with Crippen molar-refractivity contribution in [2.45, 2.75) is 30.3 Å². The molecular formula is C25H17Cl2F2N3O. The molecule has 0 N–H and O–H groups in total. The van der Waals surface area contributed by atoms with E-state index < -0.39 is 36.4 Å². The van der Waals surface area contributed by atoms with Gasteiger partial charge >= 0.3 is 6.03 Å². The summed E-state index contributed by atoms with van der Waals surface area (Å²) >= 11 is 12.1. The van der Waals surface area contributed by atoms with Crippen LogP contribution < -0.4 is 9.80 Å². The summed E-state index contributed by atoms with van der Waals surface area (Å²) in [6.07, 6.45) is -0.989. The highest BCUT2D eigenvalue weighted by Gasteiger charge is 2.70. The molecule has 3 aromatic rings. The maximum absolute atomic E-state index is 14.5. The van der Waals surface area contributed by atoms with Crippen LogP contribution in [0.3, 0.4) is 0 Å². The highest BCUT2D eigenvalue weighted by molar-refractivity contribution is 6.31. The molecule has 1 heterocycles. The number of amides is 2. The Morgan fingerprint density at radius 2 is 1.48 bits per heavy atom. The van der Waals surface area contributed by atoms with E-state index in [1.54, 1.807) is 72.8 Å². The molecule has 2 amide bonds. The number of urea groups is 1. The second-order valence-corrected chi connectivity index (χ2v) is 9.24. The Morgan fingerprint density at radius 1 is 0.909 bits per heavy atom. The number of benzene rings is 3. The summed E-state index contributed by atoms with van der Waals surface area (Å²) < 4.78 is 29.0. The van der Waals surface area contributed by atoms with Gasteiger partial charge in [-0.2, -0.15) is 0 Å². The van der Waals surface area contributed by atoms with Crippen LogP contribution in [0.1, 0.15) is 24.4 Å². The molecule has 0 bridgehead atoms. The molecule has 5 rings (SSSR count). The highest BCUT2D eigenvalue weighted by Crippen LogP contribution is 2.62. The third-order valence-corrected chi connectivity index (χ3v) is 6.75. The van der Waals surface area contributed by atoms with Crippen molar-refractivity contribution in [1.29, 1.82) is 0 Å². The number of halogens is 4. The Hall–Kier alpha value is -3.14. The fraction of sp³-hybridized carbons (Fsp3) is 0.200. The lowest BCUT2D eigenvalue weighted by Gasteiger charge is -2.52. The van der Waals surface area contributed by atoms with Gasteiger partial charge in [0, 0.05) is 34.3 Å². The summed E-state index contributed by atoms with van der Waals surface area (Å²) in [5, 5.41) is 0.977. The molecule has 1 atom stereocenters. The molecule has 1 saturated heterocycles. The smallest absolute Gasteiger partial charge is 0.285 e. The first-order valence-corrected chi connectivity index (χ1v) is 11.0. The molecule has 4 nitrogen and oxygen atoms in total. The Kier molecular flexibility index (Phi) is 5.08. The maximum Gasteiger partial charge on any atom is 0.330 e. The van der Waals surface area contributed by atoms with Gasteiger partial charge in [0.25, 0.3) is 5.92 Å². The summed E-state index contributed by atoms with van der Waals surface area (Å²) in [5.74, 6) is -2.91. The van der Waals surface area contributed by atoms with Crippen molar-refractivity contribution in [3.8, 4) is 0 Å². The Bertz CT molecular complexity index is 1260. The van der Waals surface area contributed by atoms with Crippen molar-refractivity contribution in [3.63, 3.8) is 0 Å². The van der Waals surface area contributed by atoms with E-state index in [9.17, 15) is 13.6 Å². The molecule has 0 radical (unpaired) electrons. The number of carbonyl (C=O) groups is 1. The molecule has 3 aromatic carbocycles. The van der Waals surface area contributed by atoms with E-state index in [0.29, 0.717) is 32.7 Å². The topological polar surface area (TPSA) is 27.9 Å². The van der Waals surface area contributed by atoms with E-state index in [1.165, 1.54) is 9.80 Å². The number of anilines is 2. The van der Waals surface area contributed by atoms with Gasteiger partial charge in [-0.3, -0.25) is 9.80 Å². The molecule has 2 aliphatic rings. The minimum atomic E-state index is -2.91. The zero-order valence-corrected chi connectivity index (χ0v) is 18.7. The van der Waals surface area contributed by atoms with Gasteiger partial charge in [0.15, 0.2) is 5.69 Å². The normalized spacial score (nSPS) is 20.6. The second kappa shape index (κ2) is 7.72. The van der Waals surface area contributed by atoms with Gasteiger partial charge in [-0.05, 0) is 54.1 Å². The third-order valence-electron chi connectivity index (χ3n) is 6.24. The van der Waals surface area contributed by atoms with E-state index in [4.69, 9.17) is 29.8 Å². The fourth-order valence-corrected chi connectivity index (χ4v) is 5.26. The van der Waals surface area contributed by atoms with Gasteiger partial charge in [-0.1, -0.05) is 47.5 Å². The number of hydrogen-bond acceptors (Lipinski definition) is 1. The predicted molar refractivity (Wildman–Crippen MR) is 126 cm³/mol. The van der Waals surface area contributed by atoms with Gasteiger partial charge in [0.05, 0.1) is 18.2 Å². The Labute approximate surface area is 199 Å². The van der Waals surface area contributed by atoms with Crippen LogP contribution in [0, 0.1) is 6.57 Å². The fourth-order valence-electron chi connectivity index (χ4n) is 5.01. The van der Waals surface area contributed by atoms with E-state index in [-0.39, 0.29) is 0 Å². The molecular weight excluding hydrogens is 467 g/mol. The van der Waals surface area contributed by atoms with Gasteiger partial charge in [0.1, 0.15) is 0 Å². The maximum atomic E-state index is 14.5. The lowest BCUT2D eigenvalue weighted by molar-refractivity contribution is -0.124. The zero-order chi connectivity index (χ0) is 23.4. The number of carbonyl (C=O) groups excluding carboxylic acids is 1. The molecule has 1 spiro atoms. The van der Waals surface area contributed by atoms with E-state index in [1.807, 2.05) is 0 Å². The quantitative estimate of drug-likeness (QED) is 0.348. The molecule has 33 heavy (non-hydrogen) atoms. The Morgan fingerprint density at radius 3 is 2.03 bits per heavy atom. The average molecular weight is 484 g/mol. The molecule has 2 fully saturated rings. The lowest BCUT2D eigenvalue weighted by atomic mass is 9.66. The van der Waals surface area contributed by atoms with E-state index in [2.05, 4.69) is 4.85 Å². The molecule has 1 aliphatic heterocycles. The van der Waals surface area contributed by atoms with Crippen molar-refractivity contribution in [3.05, 3.63) is 99.8 Å². The van der Waals surface area contributed by atoms with E-state index >= 15 is 0 Å². The summed E-state index contributed by atoms with van der Waals surface area (Å²) in [5.41, 5.74) is 0.826. The van der Waals surface area contributed by atoms with Crippen LogP contribution in [0.4, 0.5) is 30.6 Å². The van der Waals surface area contributed by atoms with Crippen LogP contribution in [0.15, 0.2) is 72.8 Å². The third kappa shape index (κ3) is 3.52. The first-order chi connectivity index (χ1) is 15.7. The average Bonchev–Trinajstić information content (AvgIpc) is 3.02.